The molecule has 0 bridgehead atoms. The molecule has 0 aliphatic heterocycles. The van der Waals surface area contributed by atoms with Crippen LogP contribution in [0.5, 0.6) is 0 Å². The van der Waals surface area contributed by atoms with Gasteiger partial charge in [0.25, 0.3) is 0 Å². The number of allylic oxidation sites excluding steroid dienone is 2. The summed E-state index contributed by atoms with van der Waals surface area (Å²) in [6.07, 6.45) is 0. The summed E-state index contributed by atoms with van der Waals surface area (Å²) in [5.41, 5.74) is 0.833. The third-order valence-electron chi connectivity index (χ3n) is 0.416. The van der Waals surface area contributed by atoms with Crippen molar-refractivity contribution >= 4 is 6.01 Å². The van der Waals surface area contributed by atoms with Crippen LogP contribution in [0.4, 0.5) is 0 Å². The quantitative estimate of drug-likeness (QED) is 0.392. The topological polar surface area (TPSA) is 24.7 Å². The molecule has 46 valence electrons. The smallest absolute Gasteiger partial charge is 0.219 e. The maximum Gasteiger partial charge on any atom is 0.219 e. The third kappa shape index (κ3) is 6.60. The SMILES string of the molecule is C=C([CH2+])N=C=NC(=C)[CH2-]. The zero-order valence-corrected chi connectivity index (χ0v) is 5.22. The van der Waals surface area contributed by atoms with Gasteiger partial charge in [0, 0.05) is 0 Å². The van der Waals surface area contributed by atoms with Crippen molar-refractivity contribution in [3.05, 3.63) is 38.4 Å². The molecule has 0 aromatic rings. The summed E-state index contributed by atoms with van der Waals surface area (Å²) in [6, 6.07) is 2.31. The van der Waals surface area contributed by atoms with E-state index in [0.29, 0.717) is 11.4 Å². The van der Waals surface area contributed by atoms with Crippen LogP contribution in [-0.4, -0.2) is 6.01 Å². The van der Waals surface area contributed by atoms with Crippen LogP contribution in [0.2, 0.25) is 0 Å². The Morgan fingerprint density at radius 2 is 2.00 bits per heavy atom. The van der Waals surface area contributed by atoms with E-state index in [-0.39, 0.29) is 0 Å². The van der Waals surface area contributed by atoms with Gasteiger partial charge in [0.2, 0.25) is 5.70 Å². The number of rotatable bonds is 2. The maximum absolute atomic E-state index is 3.54. The summed E-state index contributed by atoms with van der Waals surface area (Å²) in [6.45, 7) is 13.6. The fourth-order valence-corrected chi connectivity index (χ4v) is 0.166. The first-order valence-electron chi connectivity index (χ1n) is 2.31. The highest BCUT2D eigenvalue weighted by Gasteiger charge is 1.77. The van der Waals surface area contributed by atoms with Gasteiger partial charge >= 0.3 is 0 Å². The Bertz CT molecular complexity index is 165. The number of hydrogen-bond acceptors (Lipinski definition) is 2. The van der Waals surface area contributed by atoms with Gasteiger partial charge in [-0.3, -0.25) is 0 Å². The fraction of sp³-hybridized carbons (Fsp3) is 0. The molecule has 0 fully saturated rings. The fourth-order valence-electron chi connectivity index (χ4n) is 0.166. The summed E-state index contributed by atoms with van der Waals surface area (Å²) in [5, 5.41) is 0. The Labute approximate surface area is 55.3 Å². The molecule has 0 amide bonds. The van der Waals surface area contributed by atoms with Crippen LogP contribution in [0.3, 0.4) is 0 Å². The molecule has 0 spiro atoms. The van der Waals surface area contributed by atoms with Crippen LogP contribution in [0.1, 0.15) is 0 Å². The second kappa shape index (κ2) is 3.58. The number of hydrogen-bond donors (Lipinski definition) is 0. The van der Waals surface area contributed by atoms with E-state index in [1.807, 2.05) is 0 Å². The highest BCUT2D eigenvalue weighted by atomic mass is 14.8. The normalized spacial score (nSPS) is 7.11. The molecule has 0 N–H and O–H groups in total. The zero-order chi connectivity index (χ0) is 7.28. The first kappa shape index (κ1) is 7.60. The molecule has 0 aromatic carbocycles. The minimum Gasteiger partial charge on any atom is -0.227 e. The van der Waals surface area contributed by atoms with Crippen molar-refractivity contribution in [3.8, 4) is 0 Å². The van der Waals surface area contributed by atoms with Gasteiger partial charge in [-0.25, -0.2) is 18.5 Å². The van der Waals surface area contributed by atoms with Crippen molar-refractivity contribution in [1.82, 2.24) is 0 Å². The average Bonchev–Trinajstić information content (AvgIpc) is 1.63. The summed E-state index contributed by atoms with van der Waals surface area (Å²) in [5.74, 6) is 0. The van der Waals surface area contributed by atoms with Crippen molar-refractivity contribution in [2.75, 3.05) is 0 Å². The average molecular weight is 120 g/mol. The van der Waals surface area contributed by atoms with Crippen LogP contribution >= 0.6 is 0 Å². The Morgan fingerprint density at radius 3 is 2.33 bits per heavy atom. The minimum absolute atomic E-state index is 0.417. The van der Waals surface area contributed by atoms with Gasteiger partial charge in [-0.2, -0.15) is 0 Å². The van der Waals surface area contributed by atoms with Gasteiger partial charge in [-0.1, -0.05) is 5.70 Å². The van der Waals surface area contributed by atoms with E-state index < -0.39 is 0 Å². The Morgan fingerprint density at radius 1 is 1.44 bits per heavy atom. The third-order valence-corrected chi connectivity index (χ3v) is 0.416. The standard InChI is InChI=1S/C7H8N2/c1-6(2)8-5-9-7(3)4/h1-4H2. The van der Waals surface area contributed by atoms with Crippen molar-refractivity contribution < 1.29 is 0 Å². The van der Waals surface area contributed by atoms with Gasteiger partial charge in [0.15, 0.2) is 0 Å². The van der Waals surface area contributed by atoms with Crippen LogP contribution < -0.4 is 0 Å². The van der Waals surface area contributed by atoms with E-state index in [1.165, 1.54) is 0 Å². The predicted octanol–water partition coefficient (Wildman–Crippen LogP) is 1.86. The summed E-state index contributed by atoms with van der Waals surface area (Å²) in [7, 11) is 0. The molecular formula is C7H8N2. The molecule has 0 aliphatic carbocycles. The van der Waals surface area contributed by atoms with Crippen LogP contribution in [0.15, 0.2) is 34.5 Å². The first-order valence-corrected chi connectivity index (χ1v) is 2.31. The molecule has 0 unspecified atom stereocenters. The molecular weight excluding hydrogens is 112 g/mol. The molecule has 2 heteroatoms. The van der Waals surface area contributed by atoms with Crippen LogP contribution in [0, 0.1) is 13.8 Å². The lowest BCUT2D eigenvalue weighted by Crippen LogP contribution is -1.63. The van der Waals surface area contributed by atoms with E-state index in [4.69, 9.17) is 0 Å². The van der Waals surface area contributed by atoms with Crippen molar-refractivity contribution in [1.29, 1.82) is 0 Å². The van der Waals surface area contributed by atoms with Gasteiger partial charge < -0.3 is 0 Å². The highest BCUT2D eigenvalue weighted by molar-refractivity contribution is 5.46. The minimum atomic E-state index is 0.417. The largest absolute Gasteiger partial charge is 0.227 e. The van der Waals surface area contributed by atoms with E-state index in [1.54, 1.807) is 0 Å². The molecule has 0 aliphatic rings. The predicted molar refractivity (Wildman–Crippen MR) is 38.9 cm³/mol. The molecule has 9 heavy (non-hydrogen) atoms. The second-order valence-corrected chi connectivity index (χ2v) is 1.46. The molecule has 0 radical (unpaired) electrons. The van der Waals surface area contributed by atoms with Crippen molar-refractivity contribution in [2.45, 2.75) is 0 Å². The highest BCUT2D eigenvalue weighted by Crippen LogP contribution is 1.86. The lowest BCUT2D eigenvalue weighted by atomic mass is 10.6. The molecule has 0 atom stereocenters. The Hall–Kier alpha value is -1.40. The molecule has 0 rings (SSSR count). The van der Waals surface area contributed by atoms with Gasteiger partial charge in [-0.15, -0.1) is 4.99 Å². The maximum atomic E-state index is 3.54. The van der Waals surface area contributed by atoms with E-state index in [0.717, 1.165) is 0 Å². The lowest BCUT2D eigenvalue weighted by Gasteiger charge is -1.83. The summed E-state index contributed by atoms with van der Waals surface area (Å²) < 4.78 is 0. The molecule has 0 saturated carbocycles. The molecule has 2 nitrogen and oxygen atoms in total. The zero-order valence-electron chi connectivity index (χ0n) is 5.22. The monoisotopic (exact) mass is 120 g/mol. The van der Waals surface area contributed by atoms with Gasteiger partial charge in [-0.05, 0) is 0 Å². The second-order valence-electron chi connectivity index (χ2n) is 1.46. The van der Waals surface area contributed by atoms with E-state index in [9.17, 15) is 0 Å². The summed E-state index contributed by atoms with van der Waals surface area (Å²) in [4.78, 5) is 7.08. The van der Waals surface area contributed by atoms with Crippen LogP contribution in [-0.2, 0) is 0 Å². The van der Waals surface area contributed by atoms with Gasteiger partial charge in [0.1, 0.15) is 6.01 Å². The number of nitrogens with zero attached hydrogens (tertiary/aromatic N) is 2. The van der Waals surface area contributed by atoms with Gasteiger partial charge in [0.05, 0.1) is 13.5 Å². The molecule has 0 aromatic heterocycles. The summed E-state index contributed by atoms with van der Waals surface area (Å²) >= 11 is 0. The van der Waals surface area contributed by atoms with Crippen LogP contribution in [0.25, 0.3) is 0 Å². The van der Waals surface area contributed by atoms with E-state index >= 15 is 0 Å². The van der Waals surface area contributed by atoms with E-state index in [2.05, 4.69) is 43.0 Å². The molecule has 0 saturated heterocycles. The lowest BCUT2D eigenvalue weighted by molar-refractivity contribution is 1.40. The number of aliphatic imine (C=N–C) groups is 2. The Kier molecular flexibility index (Phi) is 3.03. The van der Waals surface area contributed by atoms with Crippen molar-refractivity contribution in [2.24, 2.45) is 9.98 Å². The van der Waals surface area contributed by atoms with Crippen molar-refractivity contribution in [3.63, 3.8) is 0 Å². The Balaban J connectivity index is 3.97. The first-order chi connectivity index (χ1) is 4.13. The molecule has 0 heterocycles.